The molecule has 0 saturated carbocycles. The minimum atomic E-state index is -0.409. The van der Waals surface area contributed by atoms with Crippen molar-refractivity contribution in [2.45, 2.75) is 78.4 Å². The Kier molecular flexibility index (Phi) is 7.64. The molecule has 0 saturated heterocycles. The first-order chi connectivity index (χ1) is 8.33. The van der Waals surface area contributed by atoms with E-state index in [0.717, 1.165) is 19.3 Å². The lowest BCUT2D eigenvalue weighted by Crippen LogP contribution is -2.31. The van der Waals surface area contributed by atoms with Crippen molar-refractivity contribution in [2.75, 3.05) is 0 Å². The predicted octanol–water partition coefficient (Wildman–Crippen LogP) is 3.23. The molecule has 1 unspecified atom stereocenters. The van der Waals surface area contributed by atoms with Crippen molar-refractivity contribution in [2.24, 2.45) is 0 Å². The first kappa shape index (κ1) is 16.9. The van der Waals surface area contributed by atoms with Gasteiger partial charge in [0.1, 0.15) is 5.60 Å². The Morgan fingerprint density at radius 2 is 1.67 bits per heavy atom. The minimum Gasteiger partial charge on any atom is -0.463 e. The predicted molar refractivity (Wildman–Crippen MR) is 70.2 cm³/mol. The van der Waals surface area contributed by atoms with Crippen molar-refractivity contribution in [1.29, 1.82) is 0 Å². The molecule has 0 aliphatic heterocycles. The highest BCUT2D eigenvalue weighted by molar-refractivity contribution is 5.77. The topological polar surface area (TPSA) is 52.6 Å². The van der Waals surface area contributed by atoms with Gasteiger partial charge in [-0.05, 0) is 33.6 Å². The molecule has 0 bridgehead atoms. The number of rotatable bonds is 8. The smallest absolute Gasteiger partial charge is 0.306 e. The molecule has 0 radical (unpaired) electrons. The highest BCUT2D eigenvalue weighted by atomic mass is 16.6. The molecule has 0 aliphatic carbocycles. The van der Waals surface area contributed by atoms with Crippen molar-refractivity contribution >= 4 is 11.9 Å². The van der Waals surface area contributed by atoms with Crippen molar-refractivity contribution in [3.8, 4) is 0 Å². The number of carbonyl (C=O) groups is 2. The Morgan fingerprint density at radius 3 is 2.11 bits per heavy atom. The maximum atomic E-state index is 11.7. The summed E-state index contributed by atoms with van der Waals surface area (Å²) in [6.07, 6.45) is 2.62. The molecule has 0 amide bonds. The van der Waals surface area contributed by atoms with Gasteiger partial charge in [-0.1, -0.05) is 20.3 Å². The molecular weight excluding hydrogens is 232 g/mol. The summed E-state index contributed by atoms with van der Waals surface area (Å²) in [5.41, 5.74) is -0.409. The van der Waals surface area contributed by atoms with Crippen LogP contribution in [-0.4, -0.2) is 23.6 Å². The highest BCUT2D eigenvalue weighted by Gasteiger charge is 2.25. The molecule has 0 N–H and O–H groups in total. The average molecular weight is 258 g/mol. The third-order valence-corrected chi connectivity index (χ3v) is 2.79. The molecule has 0 rings (SSSR count). The van der Waals surface area contributed by atoms with Crippen LogP contribution in [0.4, 0.5) is 0 Å². The van der Waals surface area contributed by atoms with Gasteiger partial charge in [0.05, 0.1) is 18.9 Å². The van der Waals surface area contributed by atoms with E-state index in [1.54, 1.807) is 13.8 Å². The second kappa shape index (κ2) is 8.11. The van der Waals surface area contributed by atoms with E-state index in [2.05, 4.69) is 6.92 Å². The van der Waals surface area contributed by atoms with Crippen molar-refractivity contribution in [1.82, 2.24) is 0 Å². The van der Waals surface area contributed by atoms with E-state index in [1.165, 1.54) is 0 Å². The molecule has 0 aliphatic rings. The standard InChI is InChI=1S/C14H26O4/c1-6-10-14(5,7-2)18-13(16)9-8-12(15)17-11(3)4/h11H,6-10H2,1-5H3. The zero-order valence-corrected chi connectivity index (χ0v) is 12.2. The first-order valence-electron chi connectivity index (χ1n) is 6.74. The molecular formula is C14H26O4. The van der Waals surface area contributed by atoms with Crippen LogP contribution < -0.4 is 0 Å². The van der Waals surface area contributed by atoms with Gasteiger partial charge in [0.2, 0.25) is 0 Å². The lowest BCUT2D eigenvalue weighted by Gasteiger charge is -2.28. The summed E-state index contributed by atoms with van der Waals surface area (Å²) < 4.78 is 10.4. The Balaban J connectivity index is 4.07. The maximum absolute atomic E-state index is 11.7. The molecule has 0 spiro atoms. The Hall–Kier alpha value is -1.06. The maximum Gasteiger partial charge on any atom is 0.306 e. The van der Waals surface area contributed by atoms with Gasteiger partial charge in [-0.2, -0.15) is 0 Å². The number of hydrogen-bond acceptors (Lipinski definition) is 4. The molecule has 0 fully saturated rings. The lowest BCUT2D eigenvalue weighted by atomic mass is 9.97. The monoisotopic (exact) mass is 258 g/mol. The van der Waals surface area contributed by atoms with Crippen LogP contribution in [-0.2, 0) is 19.1 Å². The summed E-state index contributed by atoms with van der Waals surface area (Å²) in [6.45, 7) is 9.55. The summed E-state index contributed by atoms with van der Waals surface area (Å²) in [5.74, 6) is -0.677. The molecule has 18 heavy (non-hydrogen) atoms. The number of hydrogen-bond donors (Lipinski definition) is 0. The molecule has 0 aromatic heterocycles. The number of carbonyl (C=O) groups excluding carboxylic acids is 2. The second-order valence-electron chi connectivity index (χ2n) is 5.07. The van der Waals surface area contributed by atoms with E-state index >= 15 is 0 Å². The Labute approximate surface area is 110 Å². The normalized spacial score (nSPS) is 14.1. The minimum absolute atomic E-state index is 0.0862. The van der Waals surface area contributed by atoms with E-state index in [9.17, 15) is 9.59 Å². The molecule has 1 atom stereocenters. The van der Waals surface area contributed by atoms with Gasteiger partial charge in [0.15, 0.2) is 0 Å². The molecule has 0 aromatic rings. The fourth-order valence-electron chi connectivity index (χ4n) is 1.68. The van der Waals surface area contributed by atoms with Crippen LogP contribution >= 0.6 is 0 Å². The highest BCUT2D eigenvalue weighted by Crippen LogP contribution is 2.22. The SMILES string of the molecule is CCCC(C)(CC)OC(=O)CCC(=O)OC(C)C. The van der Waals surface area contributed by atoms with Crippen LogP contribution in [0, 0.1) is 0 Å². The van der Waals surface area contributed by atoms with E-state index in [1.807, 2.05) is 13.8 Å². The lowest BCUT2D eigenvalue weighted by molar-refractivity contribution is -0.162. The van der Waals surface area contributed by atoms with Gasteiger partial charge in [-0.3, -0.25) is 9.59 Å². The summed E-state index contributed by atoms with van der Waals surface area (Å²) >= 11 is 0. The molecule has 4 nitrogen and oxygen atoms in total. The van der Waals surface area contributed by atoms with Crippen molar-refractivity contribution < 1.29 is 19.1 Å². The fraction of sp³-hybridized carbons (Fsp3) is 0.857. The van der Waals surface area contributed by atoms with Gasteiger partial charge in [-0.25, -0.2) is 0 Å². The van der Waals surface area contributed by atoms with Crippen LogP contribution in [0.3, 0.4) is 0 Å². The second-order valence-corrected chi connectivity index (χ2v) is 5.07. The van der Waals surface area contributed by atoms with E-state index in [4.69, 9.17) is 9.47 Å². The van der Waals surface area contributed by atoms with Gasteiger partial charge in [0.25, 0.3) is 0 Å². The molecule has 0 heterocycles. The van der Waals surface area contributed by atoms with Gasteiger partial charge in [0, 0.05) is 0 Å². The van der Waals surface area contributed by atoms with Crippen molar-refractivity contribution in [3.63, 3.8) is 0 Å². The van der Waals surface area contributed by atoms with E-state index in [0.29, 0.717) is 0 Å². The third kappa shape index (κ3) is 7.30. The molecule has 4 heteroatoms. The zero-order chi connectivity index (χ0) is 14.2. The largest absolute Gasteiger partial charge is 0.463 e. The molecule has 106 valence electrons. The van der Waals surface area contributed by atoms with Crippen LogP contribution in [0.15, 0.2) is 0 Å². The van der Waals surface area contributed by atoms with E-state index < -0.39 is 5.60 Å². The van der Waals surface area contributed by atoms with Gasteiger partial charge in [-0.15, -0.1) is 0 Å². The summed E-state index contributed by atoms with van der Waals surface area (Å²) in [4.78, 5) is 22.9. The van der Waals surface area contributed by atoms with Crippen molar-refractivity contribution in [3.05, 3.63) is 0 Å². The van der Waals surface area contributed by atoms with Crippen LogP contribution in [0.1, 0.15) is 66.7 Å². The van der Waals surface area contributed by atoms with E-state index in [-0.39, 0.29) is 30.9 Å². The van der Waals surface area contributed by atoms with Crippen LogP contribution in [0.5, 0.6) is 0 Å². The van der Waals surface area contributed by atoms with Crippen LogP contribution in [0.2, 0.25) is 0 Å². The Bertz CT molecular complexity index is 273. The summed E-state index contributed by atoms with van der Waals surface area (Å²) in [7, 11) is 0. The average Bonchev–Trinajstić information content (AvgIpc) is 2.26. The number of ether oxygens (including phenoxy) is 2. The Morgan fingerprint density at radius 1 is 1.11 bits per heavy atom. The zero-order valence-electron chi connectivity index (χ0n) is 12.2. The van der Waals surface area contributed by atoms with Gasteiger partial charge >= 0.3 is 11.9 Å². The summed E-state index contributed by atoms with van der Waals surface area (Å²) in [5, 5.41) is 0. The third-order valence-electron chi connectivity index (χ3n) is 2.79. The molecule has 0 aromatic carbocycles. The number of esters is 2. The van der Waals surface area contributed by atoms with Gasteiger partial charge < -0.3 is 9.47 Å². The van der Waals surface area contributed by atoms with Crippen LogP contribution in [0.25, 0.3) is 0 Å². The quantitative estimate of drug-likeness (QED) is 0.627. The fourth-order valence-corrected chi connectivity index (χ4v) is 1.68. The first-order valence-corrected chi connectivity index (χ1v) is 6.74. The summed E-state index contributed by atoms with van der Waals surface area (Å²) in [6, 6.07) is 0.